The van der Waals surface area contributed by atoms with E-state index in [-0.39, 0.29) is 4.90 Å². The van der Waals surface area contributed by atoms with Crippen molar-refractivity contribution in [2.24, 2.45) is 0 Å². The number of nitrogens with one attached hydrogen (secondary N) is 1. The van der Waals surface area contributed by atoms with Crippen molar-refractivity contribution in [1.29, 1.82) is 0 Å². The SMILES string of the molecule is O=S(=O)(Nc1ccccn1)c1ccc(-c2ccncc2)cc1. The van der Waals surface area contributed by atoms with Gasteiger partial charge in [-0.2, -0.15) is 0 Å². The van der Waals surface area contributed by atoms with Gasteiger partial charge in [0.1, 0.15) is 5.82 Å². The molecule has 3 aromatic rings. The lowest BCUT2D eigenvalue weighted by Crippen LogP contribution is -2.13. The molecule has 0 spiro atoms. The van der Waals surface area contributed by atoms with Gasteiger partial charge in [0, 0.05) is 18.6 Å². The van der Waals surface area contributed by atoms with Gasteiger partial charge in [-0.1, -0.05) is 18.2 Å². The van der Waals surface area contributed by atoms with Gasteiger partial charge in [-0.25, -0.2) is 13.4 Å². The minimum atomic E-state index is -3.64. The zero-order valence-corrected chi connectivity index (χ0v) is 12.4. The van der Waals surface area contributed by atoms with Gasteiger partial charge in [0.2, 0.25) is 0 Å². The second-order valence-electron chi connectivity index (χ2n) is 4.58. The summed E-state index contributed by atoms with van der Waals surface area (Å²) in [6.07, 6.45) is 4.93. The van der Waals surface area contributed by atoms with Crippen LogP contribution in [0.25, 0.3) is 11.1 Å². The van der Waals surface area contributed by atoms with Crippen LogP contribution in [0.5, 0.6) is 0 Å². The molecule has 0 bridgehead atoms. The number of rotatable bonds is 4. The van der Waals surface area contributed by atoms with E-state index in [2.05, 4.69) is 14.7 Å². The van der Waals surface area contributed by atoms with Crippen molar-refractivity contribution >= 4 is 15.8 Å². The summed E-state index contributed by atoms with van der Waals surface area (Å²) in [6.45, 7) is 0. The molecule has 1 aromatic carbocycles. The van der Waals surface area contributed by atoms with E-state index in [0.29, 0.717) is 5.82 Å². The van der Waals surface area contributed by atoms with Crippen molar-refractivity contribution < 1.29 is 8.42 Å². The molecule has 0 radical (unpaired) electrons. The highest BCUT2D eigenvalue weighted by atomic mass is 32.2. The second kappa shape index (κ2) is 5.95. The molecule has 0 atom stereocenters. The van der Waals surface area contributed by atoms with Gasteiger partial charge >= 0.3 is 0 Å². The normalized spacial score (nSPS) is 11.1. The summed E-state index contributed by atoms with van der Waals surface area (Å²) < 4.78 is 27.0. The van der Waals surface area contributed by atoms with Crippen molar-refractivity contribution in [2.45, 2.75) is 4.90 Å². The van der Waals surface area contributed by atoms with E-state index in [1.807, 2.05) is 12.1 Å². The number of benzene rings is 1. The first-order valence-corrected chi connectivity index (χ1v) is 8.08. The average Bonchev–Trinajstić information content (AvgIpc) is 2.56. The van der Waals surface area contributed by atoms with Crippen LogP contribution in [0.2, 0.25) is 0 Å². The number of hydrogen-bond acceptors (Lipinski definition) is 4. The van der Waals surface area contributed by atoms with Gasteiger partial charge in [0.25, 0.3) is 10.0 Å². The number of pyridine rings is 2. The molecule has 2 aromatic heterocycles. The maximum absolute atomic E-state index is 12.3. The topological polar surface area (TPSA) is 72.0 Å². The Morgan fingerprint density at radius 1 is 0.773 bits per heavy atom. The van der Waals surface area contributed by atoms with Crippen LogP contribution in [-0.4, -0.2) is 18.4 Å². The summed E-state index contributed by atoms with van der Waals surface area (Å²) in [5.74, 6) is 0.292. The van der Waals surface area contributed by atoms with E-state index >= 15 is 0 Å². The lowest BCUT2D eigenvalue weighted by atomic mass is 10.1. The molecule has 0 aliphatic carbocycles. The van der Waals surface area contributed by atoms with Gasteiger partial charge < -0.3 is 0 Å². The molecular formula is C16H13N3O2S. The lowest BCUT2D eigenvalue weighted by Gasteiger charge is -2.08. The number of nitrogens with zero attached hydrogens (tertiary/aromatic N) is 2. The number of aromatic nitrogens is 2. The summed E-state index contributed by atoms with van der Waals surface area (Å²) >= 11 is 0. The van der Waals surface area contributed by atoms with Gasteiger partial charge in [0.05, 0.1) is 4.90 Å². The fraction of sp³-hybridized carbons (Fsp3) is 0. The van der Waals surface area contributed by atoms with Crippen LogP contribution in [-0.2, 0) is 10.0 Å². The first-order valence-electron chi connectivity index (χ1n) is 6.59. The van der Waals surface area contributed by atoms with Crippen molar-refractivity contribution in [3.63, 3.8) is 0 Å². The van der Waals surface area contributed by atoms with Crippen molar-refractivity contribution in [3.05, 3.63) is 73.2 Å². The molecular weight excluding hydrogens is 298 g/mol. The Hall–Kier alpha value is -2.73. The minimum absolute atomic E-state index is 0.191. The van der Waals surface area contributed by atoms with Crippen molar-refractivity contribution in [3.8, 4) is 11.1 Å². The van der Waals surface area contributed by atoms with Crippen molar-refractivity contribution in [1.82, 2.24) is 9.97 Å². The zero-order valence-electron chi connectivity index (χ0n) is 11.5. The number of sulfonamides is 1. The first kappa shape index (κ1) is 14.2. The standard InChI is InChI=1S/C16H13N3O2S/c20-22(21,19-16-3-1-2-10-18-16)15-6-4-13(5-7-15)14-8-11-17-12-9-14/h1-12H,(H,18,19). The number of hydrogen-bond donors (Lipinski definition) is 1. The second-order valence-corrected chi connectivity index (χ2v) is 6.26. The molecule has 0 amide bonds. The average molecular weight is 311 g/mol. The Morgan fingerprint density at radius 3 is 2.09 bits per heavy atom. The van der Waals surface area contributed by atoms with Crippen molar-refractivity contribution in [2.75, 3.05) is 4.72 Å². The van der Waals surface area contributed by atoms with E-state index in [1.165, 1.54) is 6.20 Å². The van der Waals surface area contributed by atoms with Crippen LogP contribution in [0.3, 0.4) is 0 Å². The minimum Gasteiger partial charge on any atom is -0.265 e. The van der Waals surface area contributed by atoms with E-state index in [0.717, 1.165) is 11.1 Å². The molecule has 1 N–H and O–H groups in total. The van der Waals surface area contributed by atoms with E-state index in [4.69, 9.17) is 0 Å². The molecule has 0 fully saturated rings. The molecule has 2 heterocycles. The van der Waals surface area contributed by atoms with Crippen LogP contribution in [0.4, 0.5) is 5.82 Å². The summed E-state index contributed by atoms with van der Waals surface area (Å²) in [5, 5.41) is 0. The van der Waals surface area contributed by atoms with Gasteiger partial charge in [0.15, 0.2) is 0 Å². The summed E-state index contributed by atoms with van der Waals surface area (Å²) in [5.41, 5.74) is 1.91. The van der Waals surface area contributed by atoms with Crippen LogP contribution in [0, 0.1) is 0 Å². The van der Waals surface area contributed by atoms with Crippen LogP contribution < -0.4 is 4.72 Å². The van der Waals surface area contributed by atoms with Gasteiger partial charge in [-0.05, 0) is 47.5 Å². The molecule has 5 nitrogen and oxygen atoms in total. The molecule has 6 heteroatoms. The Kier molecular flexibility index (Phi) is 3.84. The lowest BCUT2D eigenvalue weighted by molar-refractivity contribution is 0.601. The maximum atomic E-state index is 12.3. The van der Waals surface area contributed by atoms with Gasteiger partial charge in [-0.3, -0.25) is 9.71 Å². The monoisotopic (exact) mass is 311 g/mol. The van der Waals surface area contributed by atoms with Crippen LogP contribution in [0.15, 0.2) is 78.1 Å². The molecule has 22 heavy (non-hydrogen) atoms. The molecule has 3 rings (SSSR count). The fourth-order valence-electron chi connectivity index (χ4n) is 1.99. The van der Waals surface area contributed by atoms with E-state index in [1.54, 1.807) is 54.9 Å². The highest BCUT2D eigenvalue weighted by molar-refractivity contribution is 7.92. The fourth-order valence-corrected chi connectivity index (χ4v) is 3.00. The van der Waals surface area contributed by atoms with Crippen LogP contribution >= 0.6 is 0 Å². The first-order chi connectivity index (χ1) is 10.6. The highest BCUT2D eigenvalue weighted by Gasteiger charge is 2.14. The Bertz CT molecular complexity index is 849. The van der Waals surface area contributed by atoms with Gasteiger partial charge in [-0.15, -0.1) is 0 Å². The quantitative estimate of drug-likeness (QED) is 0.804. The third-order valence-electron chi connectivity index (χ3n) is 3.08. The summed E-state index contributed by atoms with van der Waals surface area (Å²) in [6, 6.07) is 15.5. The number of anilines is 1. The Labute approximate surface area is 128 Å². The molecule has 0 aliphatic heterocycles. The molecule has 0 saturated heterocycles. The van der Waals surface area contributed by atoms with E-state index < -0.39 is 10.0 Å². The third-order valence-corrected chi connectivity index (χ3v) is 4.45. The predicted molar refractivity (Wildman–Crippen MR) is 84.7 cm³/mol. The third kappa shape index (κ3) is 3.12. The Morgan fingerprint density at radius 2 is 1.45 bits per heavy atom. The Balaban J connectivity index is 1.86. The van der Waals surface area contributed by atoms with E-state index in [9.17, 15) is 8.42 Å². The largest absolute Gasteiger partial charge is 0.265 e. The molecule has 0 saturated carbocycles. The highest BCUT2D eigenvalue weighted by Crippen LogP contribution is 2.21. The summed E-state index contributed by atoms with van der Waals surface area (Å²) in [7, 11) is -3.64. The molecule has 0 aliphatic rings. The molecule has 110 valence electrons. The molecule has 0 unspecified atom stereocenters. The maximum Gasteiger partial charge on any atom is 0.263 e. The summed E-state index contributed by atoms with van der Waals surface area (Å²) in [4.78, 5) is 8.11. The smallest absolute Gasteiger partial charge is 0.263 e. The van der Waals surface area contributed by atoms with Crippen LogP contribution in [0.1, 0.15) is 0 Å². The zero-order chi connectivity index (χ0) is 15.4. The predicted octanol–water partition coefficient (Wildman–Crippen LogP) is 2.94.